The van der Waals surface area contributed by atoms with E-state index in [1.807, 2.05) is 53.9 Å². The van der Waals surface area contributed by atoms with Crippen molar-refractivity contribution >= 4 is 34.5 Å². The van der Waals surface area contributed by atoms with Gasteiger partial charge in [-0.15, -0.1) is 16.4 Å². The van der Waals surface area contributed by atoms with Crippen LogP contribution in [0.1, 0.15) is 16.3 Å². The van der Waals surface area contributed by atoms with Crippen molar-refractivity contribution in [1.82, 2.24) is 20.0 Å². The second-order valence-corrected chi connectivity index (χ2v) is 7.51. The molecular formula is C20H16ClN5OS. The van der Waals surface area contributed by atoms with Crippen LogP contribution in [-0.2, 0) is 17.6 Å². The number of benzene rings is 2. The summed E-state index contributed by atoms with van der Waals surface area (Å²) in [6.45, 7) is 0. The van der Waals surface area contributed by atoms with E-state index in [-0.39, 0.29) is 12.3 Å². The average Bonchev–Trinajstić information content (AvgIpc) is 3.34. The molecule has 0 saturated carbocycles. The van der Waals surface area contributed by atoms with Crippen LogP contribution in [0.4, 0.5) is 5.69 Å². The van der Waals surface area contributed by atoms with E-state index in [4.69, 9.17) is 11.6 Å². The molecule has 0 saturated heterocycles. The highest BCUT2D eigenvalue weighted by atomic mass is 35.5. The normalized spacial score (nSPS) is 10.8. The smallest absolute Gasteiger partial charge is 0.230 e. The molecule has 0 bridgehead atoms. The van der Waals surface area contributed by atoms with Crippen LogP contribution >= 0.6 is 22.9 Å². The molecule has 4 aromatic rings. The number of para-hydroxylation sites is 2. The maximum absolute atomic E-state index is 12.5. The number of amides is 1. The van der Waals surface area contributed by atoms with Gasteiger partial charge in [-0.2, -0.15) is 0 Å². The van der Waals surface area contributed by atoms with E-state index >= 15 is 0 Å². The van der Waals surface area contributed by atoms with E-state index in [0.717, 1.165) is 22.0 Å². The Hall–Kier alpha value is -3.03. The third-order valence-corrected chi connectivity index (χ3v) is 5.17. The number of carbonyl (C=O) groups excluding carboxylic acids is 1. The number of aromatic nitrogens is 4. The van der Waals surface area contributed by atoms with Crippen LogP contribution in [0.15, 0.2) is 66.3 Å². The van der Waals surface area contributed by atoms with Gasteiger partial charge in [-0.1, -0.05) is 41.1 Å². The number of hydrogen-bond acceptors (Lipinski definition) is 5. The molecule has 0 radical (unpaired) electrons. The molecule has 0 aliphatic heterocycles. The summed E-state index contributed by atoms with van der Waals surface area (Å²) in [4.78, 5) is 17.1. The van der Waals surface area contributed by atoms with Crippen LogP contribution < -0.4 is 5.32 Å². The first kappa shape index (κ1) is 18.3. The predicted octanol–water partition coefficient (Wildman–Crippen LogP) is 4.15. The summed E-state index contributed by atoms with van der Waals surface area (Å²) in [6, 6.07) is 15.2. The molecule has 8 heteroatoms. The molecule has 2 heterocycles. The molecule has 0 unspecified atom stereocenters. The van der Waals surface area contributed by atoms with Crippen LogP contribution in [0.25, 0.3) is 5.69 Å². The predicted molar refractivity (Wildman–Crippen MR) is 110 cm³/mol. The number of nitrogens with zero attached hydrogens (tertiary/aromatic N) is 4. The van der Waals surface area contributed by atoms with Gasteiger partial charge in [0.25, 0.3) is 0 Å². The van der Waals surface area contributed by atoms with E-state index in [1.54, 1.807) is 28.4 Å². The molecule has 2 aromatic heterocycles. The fraction of sp³-hybridized carbons (Fsp3) is 0.100. The van der Waals surface area contributed by atoms with Crippen LogP contribution in [0, 0.1) is 0 Å². The van der Waals surface area contributed by atoms with Crippen molar-refractivity contribution in [2.45, 2.75) is 12.8 Å². The summed E-state index contributed by atoms with van der Waals surface area (Å²) in [6.07, 6.45) is 4.22. The summed E-state index contributed by atoms with van der Waals surface area (Å²) < 4.78 is 1.61. The fourth-order valence-electron chi connectivity index (χ4n) is 2.81. The summed E-state index contributed by atoms with van der Waals surface area (Å²) in [5, 5.41) is 14.3. The lowest BCUT2D eigenvalue weighted by molar-refractivity contribution is -0.115. The molecule has 1 amide bonds. The van der Waals surface area contributed by atoms with E-state index < -0.39 is 0 Å². The van der Waals surface area contributed by atoms with Crippen molar-refractivity contribution in [2.75, 3.05) is 5.32 Å². The largest absolute Gasteiger partial charge is 0.324 e. The molecule has 140 valence electrons. The third kappa shape index (κ3) is 4.44. The number of halogens is 1. The Balaban J connectivity index is 1.42. The van der Waals surface area contributed by atoms with Gasteiger partial charge in [0.1, 0.15) is 0 Å². The topological polar surface area (TPSA) is 72.7 Å². The molecule has 0 fully saturated rings. The number of hydrogen-bond donors (Lipinski definition) is 1. The van der Waals surface area contributed by atoms with Gasteiger partial charge >= 0.3 is 0 Å². The van der Waals surface area contributed by atoms with Gasteiger partial charge in [0.15, 0.2) is 0 Å². The number of carbonyl (C=O) groups is 1. The van der Waals surface area contributed by atoms with Crippen molar-refractivity contribution in [2.24, 2.45) is 0 Å². The van der Waals surface area contributed by atoms with Crippen LogP contribution in [0.2, 0.25) is 5.02 Å². The number of anilines is 1. The van der Waals surface area contributed by atoms with Gasteiger partial charge in [0.05, 0.1) is 40.9 Å². The Morgan fingerprint density at radius 2 is 2.07 bits per heavy atom. The molecule has 1 N–H and O–H groups in total. The summed E-state index contributed by atoms with van der Waals surface area (Å²) >= 11 is 7.57. The molecule has 0 aliphatic rings. The van der Waals surface area contributed by atoms with Gasteiger partial charge in [0, 0.05) is 16.8 Å². The number of nitrogens with one attached hydrogen (secondary N) is 1. The zero-order valence-corrected chi connectivity index (χ0v) is 16.3. The molecule has 28 heavy (non-hydrogen) atoms. The van der Waals surface area contributed by atoms with Crippen LogP contribution in [-0.4, -0.2) is 25.9 Å². The summed E-state index contributed by atoms with van der Waals surface area (Å²) in [5.41, 5.74) is 3.28. The van der Waals surface area contributed by atoms with Crippen molar-refractivity contribution in [3.05, 3.63) is 87.6 Å². The Morgan fingerprint density at radius 1 is 1.18 bits per heavy atom. The lowest BCUT2D eigenvalue weighted by Crippen LogP contribution is -2.16. The lowest BCUT2D eigenvalue weighted by atomic mass is 10.2. The molecule has 0 atom stereocenters. The Kier molecular flexibility index (Phi) is 5.45. The van der Waals surface area contributed by atoms with E-state index in [9.17, 15) is 4.79 Å². The molecule has 0 spiro atoms. The molecule has 6 nitrogen and oxygen atoms in total. The van der Waals surface area contributed by atoms with Crippen molar-refractivity contribution in [1.29, 1.82) is 0 Å². The van der Waals surface area contributed by atoms with E-state index in [0.29, 0.717) is 17.1 Å². The van der Waals surface area contributed by atoms with Crippen LogP contribution in [0.5, 0.6) is 0 Å². The van der Waals surface area contributed by atoms with Crippen LogP contribution in [0.3, 0.4) is 0 Å². The summed E-state index contributed by atoms with van der Waals surface area (Å²) in [5.74, 6) is -0.132. The molecular weight excluding hydrogens is 394 g/mol. The Bertz CT molecular complexity index is 1090. The van der Waals surface area contributed by atoms with Crippen molar-refractivity contribution < 1.29 is 4.79 Å². The Morgan fingerprint density at radius 3 is 2.89 bits per heavy atom. The van der Waals surface area contributed by atoms with Gasteiger partial charge in [0.2, 0.25) is 5.91 Å². The second kappa shape index (κ2) is 8.33. The van der Waals surface area contributed by atoms with Gasteiger partial charge < -0.3 is 5.32 Å². The quantitative estimate of drug-likeness (QED) is 0.519. The SMILES string of the molecule is O=C(Cc1csc(Cc2cccc(Cl)c2)n1)Nc1ccccc1-n1ccnn1. The minimum atomic E-state index is -0.132. The monoisotopic (exact) mass is 409 g/mol. The molecule has 0 aliphatic carbocycles. The van der Waals surface area contributed by atoms with E-state index in [1.165, 1.54) is 0 Å². The fourth-order valence-corrected chi connectivity index (χ4v) is 3.85. The minimum Gasteiger partial charge on any atom is -0.324 e. The zero-order chi connectivity index (χ0) is 19.3. The molecule has 2 aromatic carbocycles. The van der Waals surface area contributed by atoms with Gasteiger partial charge in [-0.3, -0.25) is 4.79 Å². The first-order valence-electron chi connectivity index (χ1n) is 8.61. The highest BCUT2D eigenvalue weighted by Gasteiger charge is 2.12. The minimum absolute atomic E-state index is 0.132. The maximum atomic E-state index is 12.5. The van der Waals surface area contributed by atoms with E-state index in [2.05, 4.69) is 20.6 Å². The van der Waals surface area contributed by atoms with Gasteiger partial charge in [-0.25, -0.2) is 9.67 Å². The lowest BCUT2D eigenvalue weighted by Gasteiger charge is -2.09. The molecule has 4 rings (SSSR count). The number of thiazole rings is 1. The number of rotatable bonds is 6. The summed E-state index contributed by atoms with van der Waals surface area (Å²) in [7, 11) is 0. The average molecular weight is 410 g/mol. The third-order valence-electron chi connectivity index (χ3n) is 4.03. The highest BCUT2D eigenvalue weighted by Crippen LogP contribution is 2.20. The second-order valence-electron chi connectivity index (χ2n) is 6.13. The maximum Gasteiger partial charge on any atom is 0.230 e. The van der Waals surface area contributed by atoms with Crippen molar-refractivity contribution in [3.63, 3.8) is 0 Å². The van der Waals surface area contributed by atoms with Crippen molar-refractivity contribution in [3.8, 4) is 5.69 Å². The van der Waals surface area contributed by atoms with Gasteiger partial charge in [-0.05, 0) is 29.8 Å². The zero-order valence-electron chi connectivity index (χ0n) is 14.7. The Labute approximate surface area is 170 Å². The highest BCUT2D eigenvalue weighted by molar-refractivity contribution is 7.09. The first-order valence-corrected chi connectivity index (χ1v) is 9.86. The standard InChI is InChI=1S/C20H16ClN5OS/c21-15-5-3-4-14(10-15)11-20-23-16(13-28-20)12-19(27)24-17-6-1-2-7-18(17)26-9-8-22-25-26/h1-10,13H,11-12H2,(H,24,27). The first-order chi connectivity index (χ1) is 13.7.